The Morgan fingerprint density at radius 2 is 2.21 bits per heavy atom. The lowest BCUT2D eigenvalue weighted by atomic mass is 9.87. The Balaban J connectivity index is 2.35. The summed E-state index contributed by atoms with van der Waals surface area (Å²) in [5.41, 5.74) is 6.05. The van der Waals surface area contributed by atoms with Crippen LogP contribution < -0.4 is 5.73 Å². The molecule has 84 valence electrons. The van der Waals surface area contributed by atoms with Crippen LogP contribution in [0.25, 0.3) is 0 Å². The molecular formula is C11H24N2S. The van der Waals surface area contributed by atoms with Gasteiger partial charge in [0.05, 0.1) is 0 Å². The lowest BCUT2D eigenvalue weighted by Gasteiger charge is -2.39. The van der Waals surface area contributed by atoms with Crippen LogP contribution in [0.5, 0.6) is 0 Å². The van der Waals surface area contributed by atoms with E-state index in [9.17, 15) is 0 Å². The molecule has 0 aliphatic carbocycles. The molecule has 0 saturated carbocycles. The lowest BCUT2D eigenvalue weighted by molar-refractivity contribution is 0.191. The van der Waals surface area contributed by atoms with Gasteiger partial charge in [0.2, 0.25) is 0 Å². The predicted molar refractivity (Wildman–Crippen MR) is 65.8 cm³/mol. The molecule has 0 radical (unpaired) electrons. The molecule has 1 heterocycles. The molecule has 0 aromatic carbocycles. The zero-order valence-corrected chi connectivity index (χ0v) is 10.6. The molecule has 0 bridgehead atoms. The molecule has 0 amide bonds. The zero-order valence-electron chi connectivity index (χ0n) is 9.75. The van der Waals surface area contributed by atoms with Gasteiger partial charge in [0.25, 0.3) is 0 Å². The summed E-state index contributed by atoms with van der Waals surface area (Å²) in [5.74, 6) is 2.61. The van der Waals surface area contributed by atoms with Crippen molar-refractivity contribution in [2.24, 2.45) is 11.1 Å². The molecule has 0 aromatic rings. The topological polar surface area (TPSA) is 29.3 Å². The monoisotopic (exact) mass is 216 g/mol. The van der Waals surface area contributed by atoms with Crippen molar-refractivity contribution in [1.29, 1.82) is 0 Å². The van der Waals surface area contributed by atoms with Crippen LogP contribution in [0, 0.1) is 5.41 Å². The van der Waals surface area contributed by atoms with Crippen LogP contribution in [-0.2, 0) is 0 Å². The third kappa shape index (κ3) is 3.79. The van der Waals surface area contributed by atoms with E-state index in [0.29, 0.717) is 5.41 Å². The van der Waals surface area contributed by atoms with Crippen LogP contribution in [-0.4, -0.2) is 42.6 Å². The Kier molecular flexibility index (Phi) is 4.74. The summed E-state index contributed by atoms with van der Waals surface area (Å²) < 4.78 is 0. The van der Waals surface area contributed by atoms with Gasteiger partial charge in [0.1, 0.15) is 0 Å². The zero-order chi connectivity index (χ0) is 10.6. The van der Waals surface area contributed by atoms with E-state index >= 15 is 0 Å². The van der Waals surface area contributed by atoms with Crippen molar-refractivity contribution in [3.63, 3.8) is 0 Å². The predicted octanol–water partition coefficient (Wildman–Crippen LogP) is 1.80. The number of hydrogen-bond acceptors (Lipinski definition) is 3. The van der Waals surface area contributed by atoms with Gasteiger partial charge in [-0.1, -0.05) is 13.8 Å². The quantitative estimate of drug-likeness (QED) is 0.777. The average molecular weight is 216 g/mol. The lowest BCUT2D eigenvalue weighted by Crippen LogP contribution is -2.42. The SMILES string of the molecule is CN(CCCN)C1CSCC(C)(C)C1. The Bertz CT molecular complexity index is 171. The second kappa shape index (κ2) is 5.38. The summed E-state index contributed by atoms with van der Waals surface area (Å²) in [6.07, 6.45) is 2.46. The summed E-state index contributed by atoms with van der Waals surface area (Å²) in [6, 6.07) is 0.760. The van der Waals surface area contributed by atoms with Crippen molar-refractivity contribution in [3.05, 3.63) is 0 Å². The molecule has 0 spiro atoms. The molecule has 1 aliphatic rings. The van der Waals surface area contributed by atoms with Crippen LogP contribution in [0.2, 0.25) is 0 Å². The summed E-state index contributed by atoms with van der Waals surface area (Å²) in [7, 11) is 2.24. The highest BCUT2D eigenvalue weighted by Gasteiger charge is 2.30. The molecule has 1 aliphatic heterocycles. The second-order valence-electron chi connectivity index (χ2n) is 5.16. The third-order valence-corrected chi connectivity index (χ3v) is 4.54. The van der Waals surface area contributed by atoms with Gasteiger partial charge in [-0.05, 0) is 44.1 Å². The molecule has 14 heavy (non-hydrogen) atoms. The average Bonchev–Trinajstić information content (AvgIpc) is 2.12. The third-order valence-electron chi connectivity index (χ3n) is 2.93. The van der Waals surface area contributed by atoms with Crippen molar-refractivity contribution in [3.8, 4) is 0 Å². The van der Waals surface area contributed by atoms with Crippen molar-refractivity contribution in [2.45, 2.75) is 32.7 Å². The van der Waals surface area contributed by atoms with Gasteiger partial charge in [-0.3, -0.25) is 0 Å². The molecule has 1 fully saturated rings. The highest BCUT2D eigenvalue weighted by atomic mass is 32.2. The maximum atomic E-state index is 5.53. The minimum Gasteiger partial charge on any atom is -0.330 e. The first kappa shape index (κ1) is 12.3. The van der Waals surface area contributed by atoms with Crippen LogP contribution in [0.1, 0.15) is 26.7 Å². The van der Waals surface area contributed by atoms with Crippen molar-refractivity contribution in [1.82, 2.24) is 4.90 Å². The minimum atomic E-state index is 0.518. The Labute approximate surface area is 92.6 Å². The maximum absolute atomic E-state index is 5.53. The van der Waals surface area contributed by atoms with Gasteiger partial charge in [-0.25, -0.2) is 0 Å². The molecule has 0 aromatic heterocycles. The smallest absolute Gasteiger partial charge is 0.0188 e. The second-order valence-corrected chi connectivity index (χ2v) is 6.19. The highest BCUT2D eigenvalue weighted by molar-refractivity contribution is 7.99. The minimum absolute atomic E-state index is 0.518. The Morgan fingerprint density at radius 1 is 1.50 bits per heavy atom. The van der Waals surface area contributed by atoms with Crippen molar-refractivity contribution >= 4 is 11.8 Å². The molecule has 2 N–H and O–H groups in total. The number of hydrogen-bond donors (Lipinski definition) is 1. The van der Waals surface area contributed by atoms with Gasteiger partial charge < -0.3 is 10.6 Å². The van der Waals surface area contributed by atoms with Crippen LogP contribution in [0.3, 0.4) is 0 Å². The van der Waals surface area contributed by atoms with Gasteiger partial charge in [0.15, 0.2) is 0 Å². The van der Waals surface area contributed by atoms with E-state index in [4.69, 9.17) is 5.73 Å². The van der Waals surface area contributed by atoms with E-state index in [2.05, 4.69) is 37.6 Å². The maximum Gasteiger partial charge on any atom is 0.0188 e. The molecule has 3 heteroatoms. The van der Waals surface area contributed by atoms with Crippen LogP contribution >= 0.6 is 11.8 Å². The first-order valence-corrected chi connectivity index (χ1v) is 6.69. The normalized spacial score (nSPS) is 26.8. The van der Waals surface area contributed by atoms with Gasteiger partial charge in [0, 0.05) is 11.8 Å². The first-order valence-electron chi connectivity index (χ1n) is 5.53. The van der Waals surface area contributed by atoms with Gasteiger partial charge in [-0.15, -0.1) is 0 Å². The van der Waals surface area contributed by atoms with Gasteiger partial charge >= 0.3 is 0 Å². The fraction of sp³-hybridized carbons (Fsp3) is 1.00. The fourth-order valence-electron chi connectivity index (χ4n) is 2.03. The van der Waals surface area contributed by atoms with Crippen molar-refractivity contribution < 1.29 is 0 Å². The summed E-state index contributed by atoms with van der Waals surface area (Å²) in [4.78, 5) is 2.49. The standard InChI is InChI=1S/C11H24N2S/c1-11(2)7-10(8-14-9-11)13(3)6-4-5-12/h10H,4-9,12H2,1-3H3. The van der Waals surface area contributed by atoms with E-state index in [1.54, 1.807) is 0 Å². The van der Waals surface area contributed by atoms with Crippen LogP contribution in [0.4, 0.5) is 0 Å². The van der Waals surface area contributed by atoms with E-state index < -0.39 is 0 Å². The largest absolute Gasteiger partial charge is 0.330 e. The number of thioether (sulfide) groups is 1. The molecule has 1 rings (SSSR count). The Morgan fingerprint density at radius 3 is 2.79 bits per heavy atom. The molecule has 2 nitrogen and oxygen atoms in total. The number of nitrogens with zero attached hydrogens (tertiary/aromatic N) is 1. The van der Waals surface area contributed by atoms with E-state index in [1.165, 1.54) is 17.9 Å². The number of nitrogens with two attached hydrogens (primary N) is 1. The van der Waals surface area contributed by atoms with Gasteiger partial charge in [-0.2, -0.15) is 11.8 Å². The molecule has 1 unspecified atom stereocenters. The summed E-state index contributed by atoms with van der Waals surface area (Å²) in [6.45, 7) is 6.72. The molecule has 1 saturated heterocycles. The Hall–Kier alpha value is 0.270. The molecular weight excluding hydrogens is 192 g/mol. The van der Waals surface area contributed by atoms with Crippen molar-refractivity contribution in [2.75, 3.05) is 31.6 Å². The summed E-state index contributed by atoms with van der Waals surface area (Å²) >= 11 is 2.10. The first-order chi connectivity index (χ1) is 6.55. The van der Waals surface area contributed by atoms with Crippen LogP contribution in [0.15, 0.2) is 0 Å². The number of rotatable bonds is 4. The summed E-state index contributed by atoms with van der Waals surface area (Å²) in [5, 5.41) is 0. The van der Waals surface area contributed by atoms with E-state index in [1.807, 2.05) is 0 Å². The van der Waals surface area contributed by atoms with E-state index in [-0.39, 0.29) is 0 Å². The highest BCUT2D eigenvalue weighted by Crippen LogP contribution is 2.35. The fourth-order valence-corrected chi connectivity index (χ4v) is 3.47. The van der Waals surface area contributed by atoms with E-state index in [0.717, 1.165) is 25.6 Å². The molecule has 1 atom stereocenters.